The zero-order valence-electron chi connectivity index (χ0n) is 16.0. The van der Waals surface area contributed by atoms with E-state index in [2.05, 4.69) is 0 Å². The van der Waals surface area contributed by atoms with Crippen molar-refractivity contribution in [1.29, 1.82) is 0 Å². The number of Topliss-reactive ketones (excluding diaryl/α,β-unsaturated/α-hetero) is 1. The van der Waals surface area contributed by atoms with Crippen molar-refractivity contribution in [3.63, 3.8) is 0 Å². The van der Waals surface area contributed by atoms with Gasteiger partial charge >= 0.3 is 16.2 Å². The van der Waals surface area contributed by atoms with Gasteiger partial charge in [-0.3, -0.25) is 9.59 Å². The molecule has 164 valence electrons. The maximum Gasteiger partial charge on any atom is 0.324 e. The number of hydrogen-bond acceptors (Lipinski definition) is 5. The van der Waals surface area contributed by atoms with Gasteiger partial charge in [-0.2, -0.15) is 0 Å². The molecule has 0 fully saturated rings. The maximum atomic E-state index is 13.3. The summed E-state index contributed by atoms with van der Waals surface area (Å²) >= 11 is 0. The average molecular weight is 452 g/mol. The van der Waals surface area contributed by atoms with Crippen molar-refractivity contribution < 1.29 is 43.2 Å². The van der Waals surface area contributed by atoms with Crippen LogP contribution in [0.4, 0.5) is 19.4 Å². The lowest BCUT2D eigenvalue weighted by atomic mass is 9.77. The van der Waals surface area contributed by atoms with Crippen molar-refractivity contribution >= 4 is 22.0 Å². The lowest BCUT2D eigenvalue weighted by Crippen LogP contribution is -2.43. The van der Waals surface area contributed by atoms with E-state index in [9.17, 15) is 29.0 Å². The first-order chi connectivity index (χ1) is 13.7. The largest absolute Gasteiger partial charge is 0.493 e. The van der Waals surface area contributed by atoms with Gasteiger partial charge in [-0.25, -0.2) is 0 Å². The van der Waals surface area contributed by atoms with Gasteiger partial charge in [-0.05, 0) is 35.4 Å². The van der Waals surface area contributed by atoms with Crippen molar-refractivity contribution in [2.24, 2.45) is 0 Å². The molecule has 3 rings (SSSR count). The van der Waals surface area contributed by atoms with E-state index in [1.165, 1.54) is 26.4 Å². The van der Waals surface area contributed by atoms with Crippen LogP contribution in [-0.2, 0) is 21.4 Å². The summed E-state index contributed by atoms with van der Waals surface area (Å²) in [4.78, 5) is 23.7. The molecule has 0 bridgehead atoms. The molecular formula is C19H17F5O5S. The van der Waals surface area contributed by atoms with Crippen LogP contribution in [0.3, 0.4) is 0 Å². The number of benzene rings is 2. The van der Waals surface area contributed by atoms with E-state index in [0.29, 0.717) is 0 Å². The van der Waals surface area contributed by atoms with Gasteiger partial charge in [0.05, 0.1) is 21.3 Å². The molecule has 11 heteroatoms. The normalized spacial score (nSPS) is 20.7. The molecule has 1 aliphatic carbocycles. The molecule has 5 nitrogen and oxygen atoms in total. The van der Waals surface area contributed by atoms with Gasteiger partial charge in [-0.15, -0.1) is 0 Å². The van der Waals surface area contributed by atoms with E-state index in [4.69, 9.17) is 14.2 Å². The number of ketones is 1. The topological polar surface area (TPSA) is 61.8 Å². The molecule has 0 aromatic heterocycles. The molecule has 0 amide bonds. The predicted molar refractivity (Wildman–Crippen MR) is 99.1 cm³/mol. The molecule has 1 aliphatic rings. The highest BCUT2D eigenvalue weighted by atomic mass is 32.5. The summed E-state index contributed by atoms with van der Waals surface area (Å²) < 4.78 is 81.7. The number of esters is 1. The number of hydrogen-bond donors (Lipinski definition) is 0. The van der Waals surface area contributed by atoms with Crippen LogP contribution in [0.15, 0.2) is 41.3 Å². The summed E-state index contributed by atoms with van der Waals surface area (Å²) in [5.41, 5.74) is -2.52. The number of fused-ring (bicyclic) bond motifs is 1. The van der Waals surface area contributed by atoms with Crippen molar-refractivity contribution in [2.75, 3.05) is 21.3 Å². The SMILES string of the molecule is COC(=O)C1(c2cccc(S(F)(F)(F)(F)F)c2)Cc2cc(OC)c(OC)cc2C1=O. The Morgan fingerprint density at radius 2 is 1.57 bits per heavy atom. The summed E-state index contributed by atoms with van der Waals surface area (Å²) in [5.74, 6) is -1.66. The molecule has 2 aromatic carbocycles. The Morgan fingerprint density at radius 3 is 2.10 bits per heavy atom. The molecule has 1 atom stereocenters. The minimum Gasteiger partial charge on any atom is -0.493 e. The highest BCUT2D eigenvalue weighted by Crippen LogP contribution is 3.02. The Kier molecular flexibility index (Phi) is 4.45. The van der Waals surface area contributed by atoms with Crippen molar-refractivity contribution in [2.45, 2.75) is 16.7 Å². The van der Waals surface area contributed by atoms with Crippen LogP contribution in [0.1, 0.15) is 21.5 Å². The van der Waals surface area contributed by atoms with E-state index in [1.54, 1.807) is 0 Å². The van der Waals surface area contributed by atoms with E-state index in [-0.39, 0.29) is 34.8 Å². The van der Waals surface area contributed by atoms with E-state index >= 15 is 0 Å². The van der Waals surface area contributed by atoms with Crippen LogP contribution in [0.5, 0.6) is 11.5 Å². The highest BCUT2D eigenvalue weighted by molar-refractivity contribution is 8.45. The second kappa shape index (κ2) is 6.10. The first-order valence-corrected chi connectivity index (χ1v) is 10.4. The quantitative estimate of drug-likeness (QED) is 0.354. The summed E-state index contributed by atoms with van der Waals surface area (Å²) in [5, 5.41) is 0. The molecule has 0 spiro atoms. The minimum atomic E-state index is -10.0. The van der Waals surface area contributed by atoms with E-state index in [0.717, 1.165) is 19.2 Å². The summed E-state index contributed by atoms with van der Waals surface area (Å²) in [7, 11) is -6.44. The van der Waals surface area contributed by atoms with Gasteiger partial charge in [-0.1, -0.05) is 31.6 Å². The van der Waals surface area contributed by atoms with Crippen LogP contribution >= 0.6 is 10.2 Å². The molecule has 0 saturated heterocycles. The first-order valence-electron chi connectivity index (χ1n) is 8.40. The first kappa shape index (κ1) is 21.9. The van der Waals surface area contributed by atoms with Gasteiger partial charge in [0.15, 0.2) is 22.7 Å². The number of ether oxygens (including phenoxy) is 3. The van der Waals surface area contributed by atoms with Crippen molar-refractivity contribution in [1.82, 2.24) is 0 Å². The van der Waals surface area contributed by atoms with Crippen LogP contribution < -0.4 is 9.47 Å². The maximum absolute atomic E-state index is 13.3. The summed E-state index contributed by atoms with van der Waals surface area (Å²) in [6.07, 6.45) is -0.391. The third-order valence-corrected chi connectivity index (χ3v) is 6.15. The fraction of sp³-hybridized carbons (Fsp3) is 0.263. The molecule has 30 heavy (non-hydrogen) atoms. The number of carbonyl (C=O) groups is 2. The van der Waals surface area contributed by atoms with Crippen molar-refractivity contribution in [3.05, 3.63) is 53.1 Å². The highest BCUT2D eigenvalue weighted by Gasteiger charge is 2.66. The fourth-order valence-electron chi connectivity index (χ4n) is 3.57. The standard InChI is InChI=1S/C19H17F5O5S/c1-27-15-7-11-10-19(18(26)29-3,17(25)14(11)9-16(15)28-2)12-5-4-6-13(8-12)30(20,21,22,23)24/h4-9H,10H2,1-3H3. The monoisotopic (exact) mass is 452 g/mol. The lowest BCUT2D eigenvalue weighted by molar-refractivity contribution is -0.145. The van der Waals surface area contributed by atoms with Gasteiger partial charge < -0.3 is 14.2 Å². The third kappa shape index (κ3) is 3.36. The molecule has 0 saturated carbocycles. The smallest absolute Gasteiger partial charge is 0.324 e. The van der Waals surface area contributed by atoms with Crippen molar-refractivity contribution in [3.8, 4) is 11.5 Å². The Labute approximate surface area is 168 Å². The van der Waals surface area contributed by atoms with Crippen LogP contribution in [0.25, 0.3) is 0 Å². The lowest BCUT2D eigenvalue weighted by Gasteiger charge is -2.41. The molecule has 2 aromatic rings. The zero-order valence-corrected chi connectivity index (χ0v) is 16.8. The second-order valence-corrected chi connectivity index (χ2v) is 9.17. The Hall–Kier alpha value is -2.82. The van der Waals surface area contributed by atoms with Crippen LogP contribution in [0.2, 0.25) is 0 Å². The molecule has 0 aliphatic heterocycles. The number of halogens is 5. The molecule has 0 radical (unpaired) electrons. The third-order valence-electron chi connectivity index (χ3n) is 5.00. The molecule has 0 N–H and O–H groups in total. The fourth-order valence-corrected chi connectivity index (χ4v) is 4.25. The number of methoxy groups -OCH3 is 3. The molecule has 1 unspecified atom stereocenters. The van der Waals surface area contributed by atoms with Gasteiger partial charge in [0, 0.05) is 12.0 Å². The number of rotatable bonds is 5. The molecular weight excluding hydrogens is 435 g/mol. The van der Waals surface area contributed by atoms with Crippen LogP contribution in [0, 0.1) is 0 Å². The number of carbonyl (C=O) groups excluding carboxylic acids is 2. The zero-order chi connectivity index (χ0) is 22.6. The van der Waals surface area contributed by atoms with Gasteiger partial charge in [0.1, 0.15) is 4.90 Å². The van der Waals surface area contributed by atoms with Gasteiger partial charge in [0.2, 0.25) is 0 Å². The molecule has 0 heterocycles. The summed E-state index contributed by atoms with van der Waals surface area (Å²) in [6.45, 7) is 0. The minimum absolute atomic E-state index is 0.00390. The summed E-state index contributed by atoms with van der Waals surface area (Å²) in [6, 6.07) is 4.78. The Bertz CT molecular complexity index is 1070. The Balaban J connectivity index is 2.27. The Morgan fingerprint density at radius 1 is 0.967 bits per heavy atom. The van der Waals surface area contributed by atoms with E-state index < -0.39 is 44.3 Å². The second-order valence-electron chi connectivity index (χ2n) is 6.76. The van der Waals surface area contributed by atoms with Gasteiger partial charge in [0.25, 0.3) is 0 Å². The predicted octanol–water partition coefficient (Wildman–Crippen LogP) is 5.21. The average Bonchev–Trinajstić information content (AvgIpc) is 2.97. The van der Waals surface area contributed by atoms with Crippen LogP contribution in [-0.4, -0.2) is 33.1 Å². The van der Waals surface area contributed by atoms with E-state index in [1.807, 2.05) is 0 Å².